The number of aromatic nitrogens is 1. The summed E-state index contributed by atoms with van der Waals surface area (Å²) in [6.45, 7) is 2.58. The number of hydrogen-bond donors (Lipinski definition) is 1. The van der Waals surface area contributed by atoms with Crippen LogP contribution in [-0.4, -0.2) is 23.5 Å². The zero-order valence-corrected chi connectivity index (χ0v) is 11.4. The van der Waals surface area contributed by atoms with E-state index in [-0.39, 0.29) is 0 Å². The zero-order chi connectivity index (χ0) is 13.5. The Morgan fingerprint density at radius 3 is 2.42 bits per heavy atom. The molecule has 0 saturated carbocycles. The minimum Gasteiger partial charge on any atom is -0.326 e. The van der Waals surface area contributed by atoms with E-state index in [1.807, 2.05) is 18.5 Å². The van der Waals surface area contributed by atoms with Gasteiger partial charge in [0.1, 0.15) is 0 Å². The molecule has 0 bridgehead atoms. The molecule has 0 spiro atoms. The molecule has 1 aromatic heterocycles. The molecule has 19 heavy (non-hydrogen) atoms. The van der Waals surface area contributed by atoms with Crippen molar-refractivity contribution in [1.29, 1.82) is 0 Å². The number of rotatable bonds is 6. The van der Waals surface area contributed by atoms with E-state index in [9.17, 15) is 0 Å². The Hall–Kier alpha value is -1.71. The molecule has 0 amide bonds. The zero-order valence-electron chi connectivity index (χ0n) is 11.4. The molecular weight excluding hydrogens is 234 g/mol. The predicted molar refractivity (Wildman–Crippen MR) is 78.6 cm³/mol. The van der Waals surface area contributed by atoms with E-state index in [1.165, 1.54) is 16.7 Å². The van der Waals surface area contributed by atoms with Gasteiger partial charge in [-0.15, -0.1) is 0 Å². The van der Waals surface area contributed by atoms with E-state index in [2.05, 4.69) is 47.3 Å². The van der Waals surface area contributed by atoms with Gasteiger partial charge in [0.15, 0.2) is 0 Å². The molecule has 100 valence electrons. The van der Waals surface area contributed by atoms with Crippen molar-refractivity contribution in [2.75, 3.05) is 13.6 Å². The van der Waals surface area contributed by atoms with Crippen LogP contribution in [0.5, 0.6) is 0 Å². The fraction of sp³-hybridized carbons (Fsp3) is 0.312. The summed E-state index contributed by atoms with van der Waals surface area (Å²) in [7, 11) is 2.15. The standard InChI is InChI=1S/C16H21N3/c1-19(11-8-14-6-9-18-10-7-14)13-16-5-3-2-4-15(16)12-17/h2-7,9-10H,8,11-13,17H2,1H3. The van der Waals surface area contributed by atoms with E-state index in [0.717, 1.165) is 19.5 Å². The number of benzene rings is 1. The van der Waals surface area contributed by atoms with Crippen LogP contribution in [0, 0.1) is 0 Å². The van der Waals surface area contributed by atoms with E-state index < -0.39 is 0 Å². The maximum atomic E-state index is 5.77. The summed E-state index contributed by atoms with van der Waals surface area (Å²) in [5.41, 5.74) is 9.65. The van der Waals surface area contributed by atoms with Crippen LogP contribution in [-0.2, 0) is 19.5 Å². The number of pyridine rings is 1. The van der Waals surface area contributed by atoms with Crippen molar-refractivity contribution in [2.24, 2.45) is 5.73 Å². The Morgan fingerprint density at radius 2 is 1.74 bits per heavy atom. The van der Waals surface area contributed by atoms with Gasteiger partial charge in [-0.2, -0.15) is 0 Å². The van der Waals surface area contributed by atoms with Gasteiger partial charge in [-0.05, 0) is 42.3 Å². The monoisotopic (exact) mass is 255 g/mol. The predicted octanol–water partition coefficient (Wildman–Crippen LogP) is 2.21. The molecule has 0 unspecified atom stereocenters. The average molecular weight is 255 g/mol. The van der Waals surface area contributed by atoms with Crippen molar-refractivity contribution < 1.29 is 0 Å². The van der Waals surface area contributed by atoms with Crippen LogP contribution in [0.1, 0.15) is 16.7 Å². The first-order chi connectivity index (χ1) is 9.29. The molecule has 0 saturated heterocycles. The molecule has 0 atom stereocenters. The van der Waals surface area contributed by atoms with Crippen molar-refractivity contribution >= 4 is 0 Å². The van der Waals surface area contributed by atoms with Crippen LogP contribution in [0.4, 0.5) is 0 Å². The summed E-state index contributed by atoms with van der Waals surface area (Å²) in [5.74, 6) is 0. The molecule has 0 radical (unpaired) electrons. The fourth-order valence-electron chi connectivity index (χ4n) is 2.15. The van der Waals surface area contributed by atoms with Crippen LogP contribution in [0.15, 0.2) is 48.8 Å². The van der Waals surface area contributed by atoms with Crippen LogP contribution in [0.2, 0.25) is 0 Å². The first-order valence-electron chi connectivity index (χ1n) is 6.64. The van der Waals surface area contributed by atoms with Gasteiger partial charge in [-0.25, -0.2) is 0 Å². The Labute approximate surface area is 115 Å². The second-order valence-electron chi connectivity index (χ2n) is 4.82. The third-order valence-corrected chi connectivity index (χ3v) is 3.31. The van der Waals surface area contributed by atoms with E-state index in [1.54, 1.807) is 0 Å². The summed E-state index contributed by atoms with van der Waals surface area (Å²) >= 11 is 0. The van der Waals surface area contributed by atoms with Gasteiger partial charge in [-0.1, -0.05) is 24.3 Å². The molecule has 1 aromatic carbocycles. The molecule has 1 heterocycles. The summed E-state index contributed by atoms with van der Waals surface area (Å²) in [4.78, 5) is 6.36. The molecule has 2 rings (SSSR count). The first-order valence-corrected chi connectivity index (χ1v) is 6.64. The second kappa shape index (κ2) is 7.02. The topological polar surface area (TPSA) is 42.2 Å². The fourth-order valence-corrected chi connectivity index (χ4v) is 2.15. The van der Waals surface area contributed by atoms with E-state index in [0.29, 0.717) is 6.54 Å². The van der Waals surface area contributed by atoms with E-state index >= 15 is 0 Å². The smallest absolute Gasteiger partial charge is 0.0270 e. The molecule has 0 fully saturated rings. The molecule has 0 aliphatic rings. The largest absolute Gasteiger partial charge is 0.326 e. The lowest BCUT2D eigenvalue weighted by Gasteiger charge is -2.18. The SMILES string of the molecule is CN(CCc1ccncc1)Cc1ccccc1CN. The van der Waals surface area contributed by atoms with Crippen molar-refractivity contribution in [1.82, 2.24) is 9.88 Å². The molecule has 0 aliphatic heterocycles. The van der Waals surface area contributed by atoms with Gasteiger partial charge < -0.3 is 10.6 Å². The lowest BCUT2D eigenvalue weighted by molar-refractivity contribution is 0.330. The summed E-state index contributed by atoms with van der Waals surface area (Å²) in [5, 5.41) is 0. The van der Waals surface area contributed by atoms with E-state index in [4.69, 9.17) is 5.73 Å². The first kappa shape index (κ1) is 13.7. The highest BCUT2D eigenvalue weighted by atomic mass is 15.1. The normalized spacial score (nSPS) is 10.9. The Morgan fingerprint density at radius 1 is 1.05 bits per heavy atom. The lowest BCUT2D eigenvalue weighted by Crippen LogP contribution is -2.21. The van der Waals surface area contributed by atoms with Crippen molar-refractivity contribution in [3.8, 4) is 0 Å². The quantitative estimate of drug-likeness (QED) is 0.860. The highest BCUT2D eigenvalue weighted by molar-refractivity contribution is 5.26. The Bertz CT molecular complexity index is 496. The van der Waals surface area contributed by atoms with Gasteiger partial charge in [0.2, 0.25) is 0 Å². The Kier molecular flexibility index (Phi) is 5.07. The highest BCUT2D eigenvalue weighted by Crippen LogP contribution is 2.10. The van der Waals surface area contributed by atoms with Crippen LogP contribution in [0.3, 0.4) is 0 Å². The summed E-state index contributed by atoms with van der Waals surface area (Å²) in [6, 6.07) is 12.5. The maximum absolute atomic E-state index is 5.77. The van der Waals surface area contributed by atoms with Crippen LogP contribution >= 0.6 is 0 Å². The molecule has 0 aliphatic carbocycles. The molecule has 3 heteroatoms. The summed E-state index contributed by atoms with van der Waals surface area (Å²) in [6.07, 6.45) is 4.74. The van der Waals surface area contributed by atoms with Crippen molar-refractivity contribution in [3.05, 3.63) is 65.5 Å². The van der Waals surface area contributed by atoms with Gasteiger partial charge in [-0.3, -0.25) is 4.98 Å². The number of hydrogen-bond acceptors (Lipinski definition) is 3. The Balaban J connectivity index is 1.89. The van der Waals surface area contributed by atoms with Gasteiger partial charge in [0.25, 0.3) is 0 Å². The minimum absolute atomic E-state index is 0.606. The molecular formula is C16H21N3. The third kappa shape index (κ3) is 4.16. The van der Waals surface area contributed by atoms with Crippen LogP contribution < -0.4 is 5.73 Å². The third-order valence-electron chi connectivity index (χ3n) is 3.31. The maximum Gasteiger partial charge on any atom is 0.0270 e. The second-order valence-corrected chi connectivity index (χ2v) is 4.82. The van der Waals surface area contributed by atoms with Crippen molar-refractivity contribution in [3.63, 3.8) is 0 Å². The van der Waals surface area contributed by atoms with Gasteiger partial charge in [0, 0.05) is 32.0 Å². The van der Waals surface area contributed by atoms with Gasteiger partial charge in [0.05, 0.1) is 0 Å². The number of nitrogens with zero attached hydrogens (tertiary/aromatic N) is 2. The summed E-state index contributed by atoms with van der Waals surface area (Å²) < 4.78 is 0. The lowest BCUT2D eigenvalue weighted by atomic mass is 10.1. The average Bonchev–Trinajstić information content (AvgIpc) is 2.47. The van der Waals surface area contributed by atoms with Gasteiger partial charge >= 0.3 is 0 Å². The molecule has 3 nitrogen and oxygen atoms in total. The minimum atomic E-state index is 0.606. The van der Waals surface area contributed by atoms with Crippen LogP contribution in [0.25, 0.3) is 0 Å². The highest BCUT2D eigenvalue weighted by Gasteiger charge is 2.04. The molecule has 2 N–H and O–H groups in total. The number of likely N-dealkylation sites (N-methyl/N-ethyl adjacent to an activating group) is 1. The van der Waals surface area contributed by atoms with Crippen molar-refractivity contribution in [2.45, 2.75) is 19.5 Å². The number of nitrogens with two attached hydrogens (primary N) is 1. The molecule has 2 aromatic rings.